The highest BCUT2D eigenvalue weighted by Crippen LogP contribution is 2.38. The van der Waals surface area contributed by atoms with E-state index in [1.165, 1.54) is 0 Å². The molecule has 1 unspecified atom stereocenters. The second-order valence-corrected chi connectivity index (χ2v) is 13.1. The van der Waals surface area contributed by atoms with Crippen LogP contribution in [-0.4, -0.2) is 36.8 Å². The molecule has 134 valence electrons. The lowest BCUT2D eigenvalue weighted by Gasteiger charge is -2.29. The van der Waals surface area contributed by atoms with Crippen LogP contribution in [0.3, 0.4) is 0 Å². The normalized spacial score (nSPS) is 21.5. The Bertz CT molecular complexity index is 637. The lowest BCUT2D eigenvalue weighted by atomic mass is 10.1. The number of hydrogen-bond donors (Lipinski definition) is 1. The van der Waals surface area contributed by atoms with Gasteiger partial charge in [-0.05, 0) is 24.3 Å². The van der Waals surface area contributed by atoms with Crippen LogP contribution in [0.4, 0.5) is 13.2 Å². The number of nitrogens with one attached hydrogen (secondary N) is 1. The van der Waals surface area contributed by atoms with Crippen molar-refractivity contribution < 1.29 is 17.9 Å². The zero-order valence-electron chi connectivity index (χ0n) is 13.8. The van der Waals surface area contributed by atoms with Crippen molar-refractivity contribution in [1.29, 1.82) is 0 Å². The van der Waals surface area contributed by atoms with E-state index in [1.54, 1.807) is 22.9 Å². The van der Waals surface area contributed by atoms with Crippen LogP contribution < -0.4 is 5.32 Å². The first-order valence-corrected chi connectivity index (χ1v) is 11.6. The molecular weight excluding hydrogens is 359 g/mol. The predicted octanol–water partition coefficient (Wildman–Crippen LogP) is 4.27. The van der Waals surface area contributed by atoms with E-state index in [4.69, 9.17) is 16.3 Å². The van der Waals surface area contributed by atoms with E-state index in [0.29, 0.717) is 12.3 Å². The Balaban J connectivity index is 2.11. The minimum Gasteiger partial charge on any atom is -0.361 e. The molecule has 0 radical (unpaired) electrons. The van der Waals surface area contributed by atoms with Gasteiger partial charge in [-0.25, -0.2) is 4.99 Å². The average molecular weight is 380 g/mol. The molecule has 1 aliphatic rings. The quantitative estimate of drug-likeness (QED) is 0.347. The molecule has 2 rings (SSSR count). The van der Waals surface area contributed by atoms with Gasteiger partial charge in [0.05, 0.1) is 17.7 Å². The third-order valence-corrected chi connectivity index (χ3v) is 5.68. The Kier molecular flexibility index (Phi) is 5.51. The molecule has 1 aliphatic heterocycles. The molecule has 1 aromatic rings. The van der Waals surface area contributed by atoms with E-state index >= 15 is 0 Å². The molecule has 24 heavy (non-hydrogen) atoms. The van der Waals surface area contributed by atoms with Crippen LogP contribution in [0.5, 0.6) is 0 Å². The molecular formula is C15H21ClF3N3OSi. The fourth-order valence-corrected chi connectivity index (χ4v) is 2.98. The van der Waals surface area contributed by atoms with Crippen LogP contribution in [0.15, 0.2) is 29.4 Å². The number of nitrogens with zero attached hydrogens (tertiary/aromatic N) is 2. The van der Waals surface area contributed by atoms with E-state index in [-0.39, 0.29) is 12.4 Å². The molecule has 0 fully saturated rings. The topological polar surface area (TPSA) is 38.5 Å². The SMILES string of the molecule is C[Si](C)(C)CCOCn1cccc1C1=CC(Cl)(C(F)(F)F)NC=N1. The van der Waals surface area contributed by atoms with Crippen LogP contribution in [0.1, 0.15) is 5.69 Å². The molecule has 0 spiro atoms. The Morgan fingerprint density at radius 1 is 1.38 bits per heavy atom. The van der Waals surface area contributed by atoms with Gasteiger partial charge in [-0.15, -0.1) is 0 Å². The minimum atomic E-state index is -4.64. The number of aliphatic imine (C=N–C) groups is 1. The fourth-order valence-electron chi connectivity index (χ4n) is 2.07. The lowest BCUT2D eigenvalue weighted by molar-refractivity contribution is -0.153. The van der Waals surface area contributed by atoms with Gasteiger partial charge in [-0.1, -0.05) is 31.2 Å². The number of rotatable bonds is 6. The van der Waals surface area contributed by atoms with Crippen molar-refractivity contribution in [2.45, 2.75) is 43.6 Å². The molecule has 0 aliphatic carbocycles. The monoisotopic (exact) mass is 379 g/mol. The second kappa shape index (κ2) is 6.93. The first-order chi connectivity index (χ1) is 11.0. The number of hydrogen-bond acceptors (Lipinski definition) is 3. The van der Waals surface area contributed by atoms with Gasteiger partial charge in [0, 0.05) is 20.9 Å². The lowest BCUT2D eigenvalue weighted by Crippen LogP contribution is -2.51. The summed E-state index contributed by atoms with van der Waals surface area (Å²) in [6.07, 6.45) is -1.05. The van der Waals surface area contributed by atoms with Crippen LogP contribution in [-0.2, 0) is 11.5 Å². The maximum atomic E-state index is 13.1. The van der Waals surface area contributed by atoms with Crippen LogP contribution in [0, 0.1) is 0 Å². The third-order valence-electron chi connectivity index (χ3n) is 3.55. The molecule has 0 saturated heterocycles. The maximum absolute atomic E-state index is 13.1. The number of alkyl halides is 4. The summed E-state index contributed by atoms with van der Waals surface area (Å²) in [5, 5.41) is 2.05. The second-order valence-electron chi connectivity index (χ2n) is 6.85. The van der Waals surface area contributed by atoms with Crippen LogP contribution >= 0.6 is 11.6 Å². The van der Waals surface area contributed by atoms with Crippen molar-refractivity contribution in [2.75, 3.05) is 6.61 Å². The molecule has 1 aromatic heterocycles. The van der Waals surface area contributed by atoms with E-state index in [9.17, 15) is 13.2 Å². The highest BCUT2D eigenvalue weighted by Gasteiger charge is 2.53. The molecule has 0 amide bonds. The van der Waals surface area contributed by atoms with Gasteiger partial charge in [-0.2, -0.15) is 13.2 Å². The van der Waals surface area contributed by atoms with E-state index < -0.39 is 19.2 Å². The van der Waals surface area contributed by atoms with Crippen LogP contribution in [0.2, 0.25) is 25.7 Å². The van der Waals surface area contributed by atoms with Gasteiger partial charge < -0.3 is 14.6 Å². The highest BCUT2D eigenvalue weighted by atomic mass is 35.5. The Labute approximate surface area is 145 Å². The zero-order chi connectivity index (χ0) is 18.0. The summed E-state index contributed by atoms with van der Waals surface area (Å²) >= 11 is 5.65. The maximum Gasteiger partial charge on any atom is 0.429 e. The molecule has 1 N–H and O–H groups in total. The molecule has 2 heterocycles. The molecule has 0 aromatic carbocycles. The van der Waals surface area contributed by atoms with Crippen molar-refractivity contribution >= 4 is 31.7 Å². The first-order valence-electron chi connectivity index (χ1n) is 7.54. The molecule has 0 saturated carbocycles. The van der Waals surface area contributed by atoms with Crippen molar-refractivity contribution in [3.05, 3.63) is 30.1 Å². The first kappa shape index (κ1) is 19.1. The molecule has 1 atom stereocenters. The minimum absolute atomic E-state index is 0.153. The Hall–Kier alpha value is -1.25. The summed E-state index contributed by atoms with van der Waals surface area (Å²) < 4.78 is 46.6. The molecule has 0 bridgehead atoms. The van der Waals surface area contributed by atoms with Gasteiger partial charge in [0.1, 0.15) is 6.73 Å². The van der Waals surface area contributed by atoms with Crippen molar-refractivity contribution in [3.63, 3.8) is 0 Å². The van der Waals surface area contributed by atoms with E-state index in [0.717, 1.165) is 18.5 Å². The smallest absolute Gasteiger partial charge is 0.361 e. The van der Waals surface area contributed by atoms with Crippen molar-refractivity contribution in [2.24, 2.45) is 4.99 Å². The van der Waals surface area contributed by atoms with Gasteiger partial charge in [0.2, 0.25) is 5.00 Å². The van der Waals surface area contributed by atoms with E-state index in [2.05, 4.69) is 30.0 Å². The van der Waals surface area contributed by atoms with Gasteiger partial charge in [0.15, 0.2) is 0 Å². The van der Waals surface area contributed by atoms with Crippen molar-refractivity contribution in [1.82, 2.24) is 9.88 Å². The average Bonchev–Trinajstić information content (AvgIpc) is 2.90. The predicted molar refractivity (Wildman–Crippen MR) is 92.8 cm³/mol. The van der Waals surface area contributed by atoms with E-state index in [1.807, 2.05) is 0 Å². The Morgan fingerprint density at radius 3 is 2.71 bits per heavy atom. The largest absolute Gasteiger partial charge is 0.429 e. The van der Waals surface area contributed by atoms with Gasteiger partial charge in [0.25, 0.3) is 0 Å². The summed E-state index contributed by atoms with van der Waals surface area (Å²) in [6.45, 7) is 7.64. The highest BCUT2D eigenvalue weighted by molar-refractivity contribution is 6.76. The Morgan fingerprint density at radius 2 is 2.08 bits per heavy atom. The summed E-state index contributed by atoms with van der Waals surface area (Å²) in [4.78, 5) is 1.33. The molecule has 9 heteroatoms. The zero-order valence-corrected chi connectivity index (χ0v) is 15.6. The van der Waals surface area contributed by atoms with Crippen LogP contribution in [0.25, 0.3) is 5.70 Å². The van der Waals surface area contributed by atoms with Crippen molar-refractivity contribution in [3.8, 4) is 0 Å². The molecule has 4 nitrogen and oxygen atoms in total. The number of halogens is 4. The summed E-state index contributed by atoms with van der Waals surface area (Å²) in [5.41, 5.74) is 0.676. The van der Waals surface area contributed by atoms with Gasteiger partial charge >= 0.3 is 6.18 Å². The fraction of sp³-hybridized carbons (Fsp3) is 0.533. The summed E-state index contributed by atoms with van der Waals surface area (Å²) in [7, 11) is -1.19. The summed E-state index contributed by atoms with van der Waals surface area (Å²) in [5.74, 6) is 0. The number of ether oxygens (including phenoxy) is 1. The standard InChI is InChI=1S/C15H21ClF3N3OSi/c1-24(2,3)8-7-23-11-22-6-4-5-13(22)12-9-14(16,15(17,18)19)21-10-20-12/h4-6,9-10H,7-8,11H2,1-3H3,(H,20,21). The third kappa shape index (κ3) is 4.64. The summed E-state index contributed by atoms with van der Waals surface area (Å²) in [6, 6.07) is 4.44. The van der Waals surface area contributed by atoms with Gasteiger partial charge in [-0.3, -0.25) is 0 Å². The number of aromatic nitrogens is 1.